The average molecular weight is 293 g/mol. The Hall–Kier alpha value is -1.95. The van der Waals surface area contributed by atoms with Crippen LogP contribution in [0.4, 0.5) is 5.82 Å². The Morgan fingerprint density at radius 1 is 1.35 bits per heavy atom. The summed E-state index contributed by atoms with van der Waals surface area (Å²) >= 11 is 3.35. The van der Waals surface area contributed by atoms with Gasteiger partial charge in [-0.3, -0.25) is 4.79 Å². The molecule has 1 aromatic heterocycles. The van der Waals surface area contributed by atoms with Gasteiger partial charge in [0.05, 0.1) is 5.56 Å². The highest BCUT2D eigenvalue weighted by atomic mass is 79.9. The van der Waals surface area contributed by atoms with Crippen LogP contribution in [0.15, 0.2) is 34.9 Å². The van der Waals surface area contributed by atoms with Gasteiger partial charge in [-0.25, -0.2) is 9.97 Å². The number of carbonyl (C=O) groups is 1. The number of anilines is 1. The molecule has 4 N–H and O–H groups in total. The van der Waals surface area contributed by atoms with Crippen molar-refractivity contribution in [2.75, 3.05) is 5.73 Å². The Labute approximate surface area is 106 Å². The summed E-state index contributed by atoms with van der Waals surface area (Å²) in [5.74, 6) is -0.0976. The van der Waals surface area contributed by atoms with E-state index in [2.05, 4.69) is 25.9 Å². The van der Waals surface area contributed by atoms with Crippen LogP contribution >= 0.6 is 15.9 Å². The van der Waals surface area contributed by atoms with E-state index in [0.717, 1.165) is 10.0 Å². The quantitative estimate of drug-likeness (QED) is 0.879. The molecule has 0 radical (unpaired) electrons. The van der Waals surface area contributed by atoms with Gasteiger partial charge in [-0.1, -0.05) is 28.1 Å². The van der Waals surface area contributed by atoms with Crippen molar-refractivity contribution < 1.29 is 4.79 Å². The van der Waals surface area contributed by atoms with Gasteiger partial charge in [-0.05, 0) is 12.1 Å². The lowest BCUT2D eigenvalue weighted by molar-refractivity contribution is 0.100. The molecule has 0 aliphatic rings. The maximum absolute atomic E-state index is 11.0. The van der Waals surface area contributed by atoms with Crippen molar-refractivity contribution in [1.29, 1.82) is 0 Å². The van der Waals surface area contributed by atoms with Gasteiger partial charge in [-0.15, -0.1) is 0 Å². The molecule has 2 rings (SSSR count). The van der Waals surface area contributed by atoms with E-state index in [1.165, 1.54) is 6.20 Å². The zero-order valence-corrected chi connectivity index (χ0v) is 10.3. The van der Waals surface area contributed by atoms with E-state index >= 15 is 0 Å². The molecule has 86 valence electrons. The number of nitrogens with two attached hydrogens (primary N) is 2. The number of carbonyl (C=O) groups excluding carboxylic acids is 1. The van der Waals surface area contributed by atoms with Crippen molar-refractivity contribution in [2.45, 2.75) is 0 Å². The number of nitrogen functional groups attached to an aromatic ring is 1. The number of benzene rings is 1. The first-order valence-corrected chi connectivity index (χ1v) is 5.55. The molecule has 0 bridgehead atoms. The topological polar surface area (TPSA) is 94.9 Å². The second kappa shape index (κ2) is 4.50. The maximum Gasteiger partial charge on any atom is 0.254 e. The van der Waals surface area contributed by atoms with E-state index < -0.39 is 5.91 Å². The molecule has 0 unspecified atom stereocenters. The minimum absolute atomic E-state index is 0.0856. The van der Waals surface area contributed by atoms with Crippen LogP contribution in [0.25, 0.3) is 11.4 Å². The first kappa shape index (κ1) is 11.5. The van der Waals surface area contributed by atoms with Gasteiger partial charge in [0.1, 0.15) is 5.82 Å². The molecular formula is C11H9BrN4O. The Bertz CT molecular complexity index is 585. The molecule has 1 amide bonds. The summed E-state index contributed by atoms with van der Waals surface area (Å²) in [5.41, 5.74) is 11.7. The van der Waals surface area contributed by atoms with Crippen molar-refractivity contribution in [1.82, 2.24) is 9.97 Å². The number of primary amides is 1. The molecule has 2 aromatic rings. The van der Waals surface area contributed by atoms with E-state index in [-0.39, 0.29) is 11.4 Å². The fraction of sp³-hybridized carbons (Fsp3) is 0. The van der Waals surface area contributed by atoms with Gasteiger partial charge in [0.2, 0.25) is 0 Å². The Kier molecular flexibility index (Phi) is 3.06. The summed E-state index contributed by atoms with van der Waals surface area (Å²) in [6, 6.07) is 7.47. The van der Waals surface area contributed by atoms with Crippen LogP contribution in [0, 0.1) is 0 Å². The van der Waals surface area contributed by atoms with Crippen LogP contribution in [0.5, 0.6) is 0 Å². The molecule has 17 heavy (non-hydrogen) atoms. The molecule has 6 heteroatoms. The molecule has 0 spiro atoms. The van der Waals surface area contributed by atoms with Crippen LogP contribution < -0.4 is 11.5 Å². The van der Waals surface area contributed by atoms with Crippen molar-refractivity contribution in [3.8, 4) is 11.4 Å². The number of rotatable bonds is 2. The molecule has 1 heterocycles. The second-order valence-corrected chi connectivity index (χ2v) is 4.28. The van der Waals surface area contributed by atoms with Gasteiger partial charge in [-0.2, -0.15) is 0 Å². The highest BCUT2D eigenvalue weighted by Gasteiger charge is 2.10. The third kappa shape index (κ3) is 2.42. The fourth-order valence-electron chi connectivity index (χ4n) is 1.35. The van der Waals surface area contributed by atoms with Gasteiger partial charge < -0.3 is 11.5 Å². The van der Waals surface area contributed by atoms with Crippen LogP contribution in [-0.2, 0) is 0 Å². The minimum Gasteiger partial charge on any atom is -0.383 e. The van der Waals surface area contributed by atoms with Crippen LogP contribution in [0.3, 0.4) is 0 Å². The number of amides is 1. The number of aromatic nitrogens is 2. The molecule has 1 aromatic carbocycles. The van der Waals surface area contributed by atoms with Gasteiger partial charge >= 0.3 is 0 Å². The fourth-order valence-corrected chi connectivity index (χ4v) is 1.75. The smallest absolute Gasteiger partial charge is 0.254 e. The van der Waals surface area contributed by atoms with Crippen LogP contribution in [-0.4, -0.2) is 15.9 Å². The Morgan fingerprint density at radius 3 is 2.71 bits per heavy atom. The van der Waals surface area contributed by atoms with E-state index in [1.807, 2.05) is 24.3 Å². The average Bonchev–Trinajstić information content (AvgIpc) is 2.28. The van der Waals surface area contributed by atoms with Gasteiger partial charge in [0.25, 0.3) is 5.91 Å². The third-order valence-electron chi connectivity index (χ3n) is 2.17. The molecule has 0 saturated carbocycles. The molecule has 0 fully saturated rings. The maximum atomic E-state index is 11.0. The Morgan fingerprint density at radius 2 is 2.12 bits per heavy atom. The van der Waals surface area contributed by atoms with E-state index in [4.69, 9.17) is 11.5 Å². The van der Waals surface area contributed by atoms with Crippen molar-refractivity contribution in [3.05, 3.63) is 40.5 Å². The van der Waals surface area contributed by atoms with E-state index in [9.17, 15) is 4.79 Å². The lowest BCUT2D eigenvalue weighted by Gasteiger charge is -2.04. The summed E-state index contributed by atoms with van der Waals surface area (Å²) in [5, 5.41) is 0. The van der Waals surface area contributed by atoms with Crippen LogP contribution in [0.1, 0.15) is 10.4 Å². The van der Waals surface area contributed by atoms with Crippen molar-refractivity contribution in [2.24, 2.45) is 5.73 Å². The SMILES string of the molecule is NC(=O)c1cnc(-c2cccc(Br)c2)nc1N. The van der Waals surface area contributed by atoms with Gasteiger partial charge in [0.15, 0.2) is 5.82 Å². The highest BCUT2D eigenvalue weighted by molar-refractivity contribution is 9.10. The largest absolute Gasteiger partial charge is 0.383 e. The number of halogens is 1. The van der Waals surface area contributed by atoms with E-state index in [0.29, 0.717) is 5.82 Å². The highest BCUT2D eigenvalue weighted by Crippen LogP contribution is 2.21. The first-order valence-electron chi connectivity index (χ1n) is 4.76. The summed E-state index contributed by atoms with van der Waals surface area (Å²) in [7, 11) is 0. The lowest BCUT2D eigenvalue weighted by atomic mass is 10.2. The molecule has 0 aliphatic carbocycles. The second-order valence-electron chi connectivity index (χ2n) is 3.37. The predicted octanol–water partition coefficient (Wildman–Crippen LogP) is 1.59. The Balaban J connectivity index is 2.48. The lowest BCUT2D eigenvalue weighted by Crippen LogP contribution is -2.15. The van der Waals surface area contributed by atoms with Crippen LogP contribution in [0.2, 0.25) is 0 Å². The molecule has 0 saturated heterocycles. The number of nitrogens with zero attached hydrogens (tertiary/aromatic N) is 2. The summed E-state index contributed by atoms with van der Waals surface area (Å²) in [6.07, 6.45) is 1.33. The number of hydrogen-bond donors (Lipinski definition) is 2. The molecule has 0 aliphatic heterocycles. The zero-order chi connectivity index (χ0) is 12.4. The first-order chi connectivity index (χ1) is 8.08. The summed E-state index contributed by atoms with van der Waals surface area (Å²) in [6.45, 7) is 0. The summed E-state index contributed by atoms with van der Waals surface area (Å²) < 4.78 is 0.913. The van der Waals surface area contributed by atoms with Crippen molar-refractivity contribution >= 4 is 27.7 Å². The molecular weight excluding hydrogens is 284 g/mol. The normalized spacial score (nSPS) is 10.2. The monoisotopic (exact) mass is 292 g/mol. The molecule has 5 nitrogen and oxygen atoms in total. The predicted molar refractivity (Wildman–Crippen MR) is 68.1 cm³/mol. The van der Waals surface area contributed by atoms with E-state index in [1.54, 1.807) is 0 Å². The third-order valence-corrected chi connectivity index (χ3v) is 2.66. The van der Waals surface area contributed by atoms with Gasteiger partial charge in [0, 0.05) is 16.2 Å². The number of hydrogen-bond acceptors (Lipinski definition) is 4. The zero-order valence-electron chi connectivity index (χ0n) is 8.72. The minimum atomic E-state index is -0.636. The standard InChI is InChI=1S/C11H9BrN4O/c12-7-3-1-2-6(4-7)11-15-5-8(10(14)17)9(13)16-11/h1-5H,(H2,14,17)(H2,13,15,16). The van der Waals surface area contributed by atoms with Crippen molar-refractivity contribution in [3.63, 3.8) is 0 Å². The summed E-state index contributed by atoms with van der Waals surface area (Å²) in [4.78, 5) is 19.1. The molecule has 0 atom stereocenters.